The fraction of sp³-hybridized carbons (Fsp3) is 0.343. The minimum Gasteiger partial charge on any atom is -0.426 e. The van der Waals surface area contributed by atoms with Crippen molar-refractivity contribution < 1.29 is 9.53 Å². The number of benzene rings is 3. The average Bonchev–Trinajstić information content (AvgIpc) is 2.94. The summed E-state index contributed by atoms with van der Waals surface area (Å²) in [4.78, 5) is 14.4. The van der Waals surface area contributed by atoms with Gasteiger partial charge < -0.3 is 4.74 Å². The second-order valence-electron chi connectivity index (χ2n) is 12.4. The molecule has 0 spiro atoms. The SMILES string of the molecule is O=C(Oc1ccccc1)C12CC3(c4ccccc4)CC(c4ccccc4)(C1)CC(C1C=CC=CC1)(C2)C3. The Balaban J connectivity index is 1.42. The van der Waals surface area contributed by atoms with Crippen molar-refractivity contribution in [1.29, 1.82) is 0 Å². The molecule has 4 bridgehead atoms. The minimum atomic E-state index is -0.509. The number of hydrogen-bond donors (Lipinski definition) is 0. The van der Waals surface area contributed by atoms with Gasteiger partial charge in [-0.15, -0.1) is 0 Å². The molecule has 3 unspecified atom stereocenters. The number of rotatable bonds is 5. The Bertz CT molecular complexity index is 1300. The van der Waals surface area contributed by atoms with Gasteiger partial charge in [-0.2, -0.15) is 0 Å². The van der Waals surface area contributed by atoms with Gasteiger partial charge in [0.1, 0.15) is 5.75 Å². The second-order valence-corrected chi connectivity index (χ2v) is 12.4. The van der Waals surface area contributed by atoms with Gasteiger partial charge in [0.05, 0.1) is 5.41 Å². The molecule has 3 atom stereocenters. The van der Waals surface area contributed by atoms with Gasteiger partial charge in [-0.3, -0.25) is 4.79 Å². The number of ether oxygens (including phenoxy) is 1. The molecule has 3 aromatic rings. The molecule has 8 rings (SSSR count). The number of carbonyl (C=O) groups excluding carboxylic acids is 1. The van der Waals surface area contributed by atoms with Crippen molar-refractivity contribution in [1.82, 2.24) is 0 Å². The summed E-state index contributed by atoms with van der Waals surface area (Å²) in [6.07, 6.45) is 16.3. The zero-order chi connectivity index (χ0) is 25.0. The van der Waals surface area contributed by atoms with E-state index in [1.807, 2.05) is 30.3 Å². The number of allylic oxidation sites excluding steroid dienone is 4. The number of para-hydroxylation sites is 1. The maximum absolute atomic E-state index is 14.4. The predicted molar refractivity (Wildman–Crippen MR) is 147 cm³/mol. The number of hydrogen-bond acceptors (Lipinski definition) is 2. The van der Waals surface area contributed by atoms with Crippen molar-refractivity contribution in [2.24, 2.45) is 16.7 Å². The summed E-state index contributed by atoms with van der Waals surface area (Å²) in [7, 11) is 0. The van der Waals surface area contributed by atoms with Crippen LogP contribution >= 0.6 is 0 Å². The van der Waals surface area contributed by atoms with E-state index in [9.17, 15) is 4.79 Å². The van der Waals surface area contributed by atoms with Crippen LogP contribution in [0.4, 0.5) is 0 Å². The van der Waals surface area contributed by atoms with Gasteiger partial charge >= 0.3 is 5.97 Å². The van der Waals surface area contributed by atoms with E-state index < -0.39 is 5.41 Å². The van der Waals surface area contributed by atoms with E-state index in [4.69, 9.17) is 4.74 Å². The van der Waals surface area contributed by atoms with Crippen LogP contribution in [0.5, 0.6) is 5.75 Å². The van der Waals surface area contributed by atoms with Crippen LogP contribution < -0.4 is 4.74 Å². The first-order chi connectivity index (χ1) is 18.1. The summed E-state index contributed by atoms with van der Waals surface area (Å²) < 4.78 is 6.22. The largest absolute Gasteiger partial charge is 0.426 e. The molecule has 0 heterocycles. The summed E-state index contributed by atoms with van der Waals surface area (Å²) in [6.45, 7) is 0. The van der Waals surface area contributed by atoms with E-state index in [0.29, 0.717) is 11.7 Å². The van der Waals surface area contributed by atoms with E-state index in [1.165, 1.54) is 11.1 Å². The van der Waals surface area contributed by atoms with Crippen LogP contribution in [0.3, 0.4) is 0 Å². The van der Waals surface area contributed by atoms with Gasteiger partial charge in [0.25, 0.3) is 0 Å². The molecule has 0 N–H and O–H groups in total. The molecule has 186 valence electrons. The lowest BCUT2D eigenvalue weighted by atomic mass is 9.32. The summed E-state index contributed by atoms with van der Waals surface area (Å²) in [5.41, 5.74) is 2.24. The van der Waals surface area contributed by atoms with Crippen molar-refractivity contribution in [2.45, 2.75) is 55.8 Å². The molecule has 0 aliphatic heterocycles. The highest BCUT2D eigenvalue weighted by Gasteiger charge is 2.72. The van der Waals surface area contributed by atoms with Crippen molar-refractivity contribution in [3.63, 3.8) is 0 Å². The lowest BCUT2D eigenvalue weighted by Crippen LogP contribution is -2.68. The van der Waals surface area contributed by atoms with Crippen molar-refractivity contribution >= 4 is 5.97 Å². The summed E-state index contributed by atoms with van der Waals surface area (Å²) in [6, 6.07) is 31.8. The lowest BCUT2D eigenvalue weighted by Gasteiger charge is -2.71. The van der Waals surface area contributed by atoms with Crippen LogP contribution in [-0.2, 0) is 15.6 Å². The Hall–Kier alpha value is -3.39. The van der Waals surface area contributed by atoms with Gasteiger partial charge in [0, 0.05) is 0 Å². The van der Waals surface area contributed by atoms with E-state index in [2.05, 4.69) is 85.0 Å². The van der Waals surface area contributed by atoms with E-state index in [0.717, 1.165) is 44.9 Å². The molecular formula is C35H34O2. The molecule has 5 aliphatic carbocycles. The molecule has 0 saturated heterocycles. The third kappa shape index (κ3) is 3.56. The van der Waals surface area contributed by atoms with Gasteiger partial charge in [-0.25, -0.2) is 0 Å². The highest BCUT2D eigenvalue weighted by Crippen LogP contribution is 2.76. The zero-order valence-corrected chi connectivity index (χ0v) is 21.3. The smallest absolute Gasteiger partial charge is 0.317 e. The van der Waals surface area contributed by atoms with Crippen LogP contribution in [0.1, 0.15) is 56.1 Å². The molecule has 37 heavy (non-hydrogen) atoms. The van der Waals surface area contributed by atoms with Gasteiger partial charge in [0.2, 0.25) is 0 Å². The predicted octanol–water partition coefficient (Wildman–Crippen LogP) is 7.95. The lowest BCUT2D eigenvalue weighted by molar-refractivity contribution is -0.188. The monoisotopic (exact) mass is 486 g/mol. The average molecular weight is 487 g/mol. The first-order valence-corrected chi connectivity index (χ1v) is 13.8. The molecule has 0 aromatic heterocycles. The normalized spacial score (nSPS) is 35.4. The van der Waals surface area contributed by atoms with Gasteiger partial charge in [0.15, 0.2) is 0 Å². The molecule has 2 heteroatoms. The maximum Gasteiger partial charge on any atom is 0.317 e. The maximum atomic E-state index is 14.4. The molecule has 4 saturated carbocycles. The molecular weight excluding hydrogens is 452 g/mol. The van der Waals surface area contributed by atoms with Crippen LogP contribution in [0, 0.1) is 16.7 Å². The first kappa shape index (κ1) is 22.8. The topological polar surface area (TPSA) is 26.3 Å². The molecule has 5 aliphatic rings. The summed E-state index contributed by atoms with van der Waals surface area (Å²) in [5, 5.41) is 0. The van der Waals surface area contributed by atoms with Gasteiger partial charge in [-0.1, -0.05) is 103 Å². The third-order valence-corrected chi connectivity index (χ3v) is 10.0. The summed E-state index contributed by atoms with van der Waals surface area (Å²) >= 11 is 0. The van der Waals surface area contributed by atoms with Crippen LogP contribution in [-0.4, -0.2) is 5.97 Å². The number of carbonyl (C=O) groups is 1. The minimum absolute atomic E-state index is 0.0295. The quantitative estimate of drug-likeness (QED) is 0.270. The van der Waals surface area contributed by atoms with Crippen molar-refractivity contribution in [3.05, 3.63) is 126 Å². The van der Waals surface area contributed by atoms with E-state index in [1.54, 1.807) is 0 Å². The number of esters is 1. The molecule has 4 fully saturated rings. The van der Waals surface area contributed by atoms with Crippen molar-refractivity contribution in [2.75, 3.05) is 0 Å². The van der Waals surface area contributed by atoms with E-state index in [-0.39, 0.29) is 22.2 Å². The molecule has 0 amide bonds. The fourth-order valence-corrected chi connectivity index (χ4v) is 9.26. The second kappa shape index (κ2) is 8.31. The summed E-state index contributed by atoms with van der Waals surface area (Å²) in [5.74, 6) is 1.06. The van der Waals surface area contributed by atoms with Crippen LogP contribution in [0.15, 0.2) is 115 Å². The van der Waals surface area contributed by atoms with Crippen molar-refractivity contribution in [3.8, 4) is 5.75 Å². The standard InChI is InChI=1S/C35H34O2/c36-31(37-30-19-11-4-12-20-30)35-24-32(27-13-5-1-6-14-27)21-33(25-35,28-15-7-2-8-16-28)23-34(22-32,26-35)29-17-9-3-10-18-29/h1-17,19-20,29H,18,21-26H2. The fourth-order valence-electron chi connectivity index (χ4n) is 9.26. The zero-order valence-electron chi connectivity index (χ0n) is 21.3. The molecule has 3 aromatic carbocycles. The highest BCUT2D eigenvalue weighted by molar-refractivity contribution is 5.81. The van der Waals surface area contributed by atoms with E-state index >= 15 is 0 Å². The Labute approximate surface area is 220 Å². The Morgan fingerprint density at radius 2 is 1.22 bits per heavy atom. The van der Waals surface area contributed by atoms with Crippen LogP contribution in [0.25, 0.3) is 0 Å². The Morgan fingerprint density at radius 1 is 0.649 bits per heavy atom. The molecule has 2 nitrogen and oxygen atoms in total. The highest BCUT2D eigenvalue weighted by atomic mass is 16.5. The first-order valence-electron chi connectivity index (χ1n) is 13.8. The van der Waals surface area contributed by atoms with Gasteiger partial charge in [-0.05, 0) is 90.4 Å². The van der Waals surface area contributed by atoms with Crippen LogP contribution in [0.2, 0.25) is 0 Å². The Kier molecular flexibility index (Phi) is 5.12. The third-order valence-electron chi connectivity index (χ3n) is 10.0. The molecule has 0 radical (unpaired) electrons. The Morgan fingerprint density at radius 3 is 1.76 bits per heavy atom.